The second-order valence-electron chi connectivity index (χ2n) is 5.48. The Morgan fingerprint density at radius 2 is 1.68 bits per heavy atom. The fraction of sp³-hybridized carbons (Fsp3) is 0.235. The minimum Gasteiger partial charge on any atom is -0.481 e. The topological polar surface area (TPSA) is 75.7 Å². The molecule has 2 rings (SSSR count). The lowest BCUT2D eigenvalue weighted by molar-refractivity contribution is -0.122. The number of sulfonamides is 1. The molecule has 2 aromatic carbocycles. The van der Waals surface area contributed by atoms with Gasteiger partial charge >= 0.3 is 0 Å². The van der Waals surface area contributed by atoms with E-state index in [1.54, 1.807) is 55.5 Å². The van der Waals surface area contributed by atoms with Crippen molar-refractivity contribution in [1.29, 1.82) is 0 Å². The van der Waals surface area contributed by atoms with Crippen LogP contribution in [0.3, 0.4) is 0 Å². The zero-order valence-corrected chi connectivity index (χ0v) is 15.6. The first kappa shape index (κ1) is 19.1. The first-order chi connectivity index (χ1) is 11.7. The Kier molecular flexibility index (Phi) is 5.92. The molecule has 0 bridgehead atoms. The number of halogens is 1. The lowest BCUT2D eigenvalue weighted by atomic mass is 10.3. The molecular weight excluding hydrogens is 364 g/mol. The molecule has 1 atom stereocenters. The standard InChI is InChI=1S/C17H19ClN2O4S/c1-12(17(21)19-14-6-4-13(18)5-7-14)24-16-10-8-15(9-11-16)20(2)25(3,22)23/h4-12H,1-3H3,(H,19,21)/t12-/m1/s1. The van der Waals surface area contributed by atoms with Gasteiger partial charge < -0.3 is 10.1 Å². The number of anilines is 2. The molecule has 6 nitrogen and oxygen atoms in total. The minimum absolute atomic E-state index is 0.306. The number of nitrogens with zero attached hydrogens (tertiary/aromatic N) is 1. The molecule has 0 aliphatic heterocycles. The summed E-state index contributed by atoms with van der Waals surface area (Å²) in [6.07, 6.45) is 0.398. The number of carbonyl (C=O) groups excluding carboxylic acids is 1. The van der Waals surface area contributed by atoms with Crippen LogP contribution in [0.4, 0.5) is 11.4 Å². The van der Waals surface area contributed by atoms with Gasteiger partial charge in [0.05, 0.1) is 11.9 Å². The van der Waals surface area contributed by atoms with Crippen LogP contribution in [0, 0.1) is 0 Å². The fourth-order valence-corrected chi connectivity index (χ4v) is 2.59. The lowest BCUT2D eigenvalue weighted by Crippen LogP contribution is -2.30. The van der Waals surface area contributed by atoms with E-state index < -0.39 is 16.1 Å². The molecule has 0 radical (unpaired) electrons. The maximum absolute atomic E-state index is 12.2. The smallest absolute Gasteiger partial charge is 0.265 e. The molecule has 0 saturated carbocycles. The van der Waals surface area contributed by atoms with Gasteiger partial charge in [0.15, 0.2) is 6.10 Å². The number of hydrogen-bond acceptors (Lipinski definition) is 4. The van der Waals surface area contributed by atoms with Crippen LogP contribution in [-0.2, 0) is 14.8 Å². The van der Waals surface area contributed by atoms with Gasteiger partial charge in [0.25, 0.3) is 5.91 Å². The zero-order valence-electron chi connectivity index (χ0n) is 14.1. The average Bonchev–Trinajstić information content (AvgIpc) is 2.56. The number of benzene rings is 2. The van der Waals surface area contributed by atoms with E-state index >= 15 is 0 Å². The van der Waals surface area contributed by atoms with E-state index in [1.165, 1.54) is 7.05 Å². The summed E-state index contributed by atoms with van der Waals surface area (Å²) in [5.74, 6) is 0.157. The maximum atomic E-state index is 12.2. The van der Waals surface area contributed by atoms with Gasteiger partial charge in [-0.1, -0.05) is 11.6 Å². The van der Waals surface area contributed by atoms with Crippen LogP contribution < -0.4 is 14.4 Å². The summed E-state index contributed by atoms with van der Waals surface area (Å²) in [5, 5.41) is 3.31. The Balaban J connectivity index is 1.99. The highest BCUT2D eigenvalue weighted by Crippen LogP contribution is 2.21. The molecule has 8 heteroatoms. The van der Waals surface area contributed by atoms with Gasteiger partial charge in [0.1, 0.15) is 5.75 Å². The highest BCUT2D eigenvalue weighted by Gasteiger charge is 2.16. The van der Waals surface area contributed by atoms with Gasteiger partial charge in [-0.05, 0) is 55.5 Å². The Morgan fingerprint density at radius 1 is 1.12 bits per heavy atom. The molecule has 1 amide bonds. The minimum atomic E-state index is -3.32. The highest BCUT2D eigenvalue weighted by molar-refractivity contribution is 7.92. The van der Waals surface area contributed by atoms with Crippen molar-refractivity contribution in [2.45, 2.75) is 13.0 Å². The van der Waals surface area contributed by atoms with Gasteiger partial charge in [0.2, 0.25) is 10.0 Å². The van der Waals surface area contributed by atoms with Crippen LogP contribution in [0.5, 0.6) is 5.75 Å². The van der Waals surface area contributed by atoms with Crippen LogP contribution in [0.1, 0.15) is 6.92 Å². The van der Waals surface area contributed by atoms with Gasteiger partial charge in [-0.15, -0.1) is 0 Å². The molecule has 0 spiro atoms. The van der Waals surface area contributed by atoms with E-state index in [2.05, 4.69) is 5.32 Å². The van der Waals surface area contributed by atoms with Crippen molar-refractivity contribution in [1.82, 2.24) is 0 Å². The summed E-state index contributed by atoms with van der Waals surface area (Å²) in [4.78, 5) is 12.2. The van der Waals surface area contributed by atoms with Crippen molar-refractivity contribution in [3.8, 4) is 5.75 Å². The summed E-state index contributed by atoms with van der Waals surface area (Å²) in [6.45, 7) is 1.63. The summed E-state index contributed by atoms with van der Waals surface area (Å²) in [5.41, 5.74) is 1.13. The van der Waals surface area contributed by atoms with Gasteiger partial charge in [-0.25, -0.2) is 8.42 Å². The molecule has 1 N–H and O–H groups in total. The molecule has 0 aliphatic carbocycles. The Morgan fingerprint density at radius 3 is 2.20 bits per heavy atom. The van der Waals surface area contributed by atoms with E-state index in [0.717, 1.165) is 10.6 Å². The molecule has 25 heavy (non-hydrogen) atoms. The second-order valence-corrected chi connectivity index (χ2v) is 7.93. The second kappa shape index (κ2) is 7.76. The van der Waals surface area contributed by atoms with Crippen molar-refractivity contribution in [2.24, 2.45) is 0 Å². The van der Waals surface area contributed by atoms with Crippen molar-refractivity contribution in [3.05, 3.63) is 53.6 Å². The van der Waals surface area contributed by atoms with Gasteiger partial charge in [-0.3, -0.25) is 9.10 Å². The molecule has 134 valence electrons. The van der Waals surface area contributed by atoms with Crippen LogP contribution >= 0.6 is 11.6 Å². The molecule has 0 unspecified atom stereocenters. The van der Waals surface area contributed by atoms with Gasteiger partial charge in [-0.2, -0.15) is 0 Å². The molecular formula is C17H19ClN2O4S. The van der Waals surface area contributed by atoms with Crippen molar-refractivity contribution < 1.29 is 17.9 Å². The molecule has 0 heterocycles. The third kappa shape index (κ3) is 5.37. The van der Waals surface area contributed by atoms with Crippen LogP contribution in [0.2, 0.25) is 5.02 Å². The predicted octanol–water partition coefficient (Wildman–Crippen LogP) is 3.14. The highest BCUT2D eigenvalue weighted by atomic mass is 35.5. The average molecular weight is 383 g/mol. The number of ether oxygens (including phenoxy) is 1. The van der Waals surface area contributed by atoms with Crippen molar-refractivity contribution >= 4 is 38.9 Å². The monoisotopic (exact) mass is 382 g/mol. The Hall–Kier alpha value is -2.25. The third-order valence-corrected chi connectivity index (χ3v) is 4.95. The molecule has 2 aromatic rings. The Labute approximate surface area is 152 Å². The fourth-order valence-electron chi connectivity index (χ4n) is 1.96. The lowest BCUT2D eigenvalue weighted by Gasteiger charge is -2.18. The number of rotatable bonds is 6. The quantitative estimate of drug-likeness (QED) is 0.832. The molecule has 0 saturated heterocycles. The third-order valence-electron chi connectivity index (χ3n) is 3.49. The predicted molar refractivity (Wildman–Crippen MR) is 99.9 cm³/mol. The summed E-state index contributed by atoms with van der Waals surface area (Å²) < 4.78 is 29.8. The molecule has 0 fully saturated rings. The Bertz CT molecular complexity index is 836. The summed E-state index contributed by atoms with van der Waals surface area (Å²) in [7, 11) is -1.86. The molecule has 0 aromatic heterocycles. The largest absolute Gasteiger partial charge is 0.481 e. The number of amides is 1. The van der Waals surface area contributed by atoms with E-state index in [4.69, 9.17) is 16.3 Å². The van der Waals surface area contributed by atoms with E-state index in [0.29, 0.717) is 22.1 Å². The summed E-state index contributed by atoms with van der Waals surface area (Å²) >= 11 is 5.80. The maximum Gasteiger partial charge on any atom is 0.265 e. The number of carbonyl (C=O) groups is 1. The zero-order chi connectivity index (χ0) is 18.6. The van der Waals surface area contributed by atoms with E-state index in [-0.39, 0.29) is 5.91 Å². The van der Waals surface area contributed by atoms with Crippen molar-refractivity contribution in [3.63, 3.8) is 0 Å². The first-order valence-electron chi connectivity index (χ1n) is 7.44. The number of hydrogen-bond donors (Lipinski definition) is 1. The first-order valence-corrected chi connectivity index (χ1v) is 9.66. The van der Waals surface area contributed by atoms with Crippen molar-refractivity contribution in [2.75, 3.05) is 22.9 Å². The molecule has 0 aliphatic rings. The van der Waals surface area contributed by atoms with E-state index in [9.17, 15) is 13.2 Å². The SMILES string of the molecule is C[C@@H](Oc1ccc(N(C)S(C)(=O)=O)cc1)C(=O)Nc1ccc(Cl)cc1. The summed E-state index contributed by atoms with van der Waals surface area (Å²) in [6, 6.07) is 13.2. The van der Waals surface area contributed by atoms with Crippen LogP contribution in [0.25, 0.3) is 0 Å². The van der Waals surface area contributed by atoms with Crippen LogP contribution in [-0.4, -0.2) is 33.7 Å². The van der Waals surface area contributed by atoms with E-state index in [1.807, 2.05) is 0 Å². The normalized spacial score (nSPS) is 12.3. The van der Waals surface area contributed by atoms with Gasteiger partial charge in [0, 0.05) is 17.8 Å². The number of nitrogens with one attached hydrogen (secondary N) is 1. The van der Waals surface area contributed by atoms with Crippen LogP contribution in [0.15, 0.2) is 48.5 Å².